The molecule has 1 aromatic heterocycles. The molecule has 1 aliphatic rings. The quantitative estimate of drug-likeness (QED) is 0.328. The fourth-order valence-electron chi connectivity index (χ4n) is 4.22. The van der Waals surface area contributed by atoms with Crippen LogP contribution >= 0.6 is 12.2 Å². The van der Waals surface area contributed by atoms with Crippen molar-refractivity contribution in [3.8, 4) is 5.75 Å². The molecule has 4 rings (SSSR count). The minimum Gasteiger partial charge on any atom is -0.497 e. The standard InChI is InChI=1S/C26H32N4O4S/c1-33-21-9-6-19(7-10-21)18-27-24(31)5-3-2-4-12-30-25(32)22-17-20(29-13-15-34-16-14-29)8-11-23(22)28-26(30)35/h6-11,17H,2-5,12-16,18H2,1H3,(H,27,31)(H,28,35). The van der Waals surface area contributed by atoms with Crippen LogP contribution in [0.15, 0.2) is 47.3 Å². The number of aromatic amines is 1. The van der Waals surface area contributed by atoms with E-state index in [1.807, 2.05) is 42.5 Å². The lowest BCUT2D eigenvalue weighted by atomic mass is 10.1. The van der Waals surface area contributed by atoms with Gasteiger partial charge in [-0.25, -0.2) is 0 Å². The molecule has 2 N–H and O–H groups in total. The number of hydrogen-bond donors (Lipinski definition) is 2. The molecule has 0 unspecified atom stereocenters. The average molecular weight is 497 g/mol. The zero-order valence-corrected chi connectivity index (χ0v) is 20.9. The highest BCUT2D eigenvalue weighted by molar-refractivity contribution is 7.71. The van der Waals surface area contributed by atoms with Crippen molar-refractivity contribution in [2.45, 2.75) is 38.8 Å². The smallest absolute Gasteiger partial charge is 0.262 e. The van der Waals surface area contributed by atoms with Gasteiger partial charge in [0.25, 0.3) is 5.56 Å². The number of fused-ring (bicyclic) bond motifs is 1. The molecule has 2 heterocycles. The van der Waals surface area contributed by atoms with E-state index in [9.17, 15) is 9.59 Å². The van der Waals surface area contributed by atoms with Gasteiger partial charge in [-0.15, -0.1) is 0 Å². The van der Waals surface area contributed by atoms with Crippen molar-refractivity contribution in [3.63, 3.8) is 0 Å². The molecule has 0 spiro atoms. The highest BCUT2D eigenvalue weighted by Gasteiger charge is 2.13. The molecule has 8 nitrogen and oxygen atoms in total. The van der Waals surface area contributed by atoms with Gasteiger partial charge in [0.1, 0.15) is 5.75 Å². The second-order valence-corrected chi connectivity index (χ2v) is 9.04. The molecule has 186 valence electrons. The summed E-state index contributed by atoms with van der Waals surface area (Å²) in [5, 5.41) is 3.59. The van der Waals surface area contributed by atoms with E-state index in [-0.39, 0.29) is 11.5 Å². The Labute approximate surface area is 209 Å². The number of nitrogens with one attached hydrogen (secondary N) is 2. The Morgan fingerprint density at radius 1 is 1.11 bits per heavy atom. The van der Waals surface area contributed by atoms with E-state index in [1.165, 1.54) is 0 Å². The third-order valence-electron chi connectivity index (χ3n) is 6.28. The number of carbonyl (C=O) groups is 1. The number of morpholine rings is 1. The zero-order chi connectivity index (χ0) is 24.6. The zero-order valence-electron chi connectivity index (χ0n) is 20.0. The molecule has 1 saturated heterocycles. The van der Waals surface area contributed by atoms with Crippen LogP contribution in [0.3, 0.4) is 0 Å². The largest absolute Gasteiger partial charge is 0.497 e. The summed E-state index contributed by atoms with van der Waals surface area (Å²) >= 11 is 5.45. The van der Waals surface area contributed by atoms with Gasteiger partial charge in [0.05, 0.1) is 31.2 Å². The molecule has 0 bridgehead atoms. The van der Waals surface area contributed by atoms with Crippen LogP contribution in [0.4, 0.5) is 5.69 Å². The van der Waals surface area contributed by atoms with Crippen molar-refractivity contribution in [3.05, 3.63) is 63.2 Å². The fraction of sp³-hybridized carbons (Fsp3) is 0.423. The molecular formula is C26H32N4O4S. The normalized spacial score (nSPS) is 13.7. The molecule has 9 heteroatoms. The molecule has 0 atom stereocenters. The molecule has 0 radical (unpaired) electrons. The summed E-state index contributed by atoms with van der Waals surface area (Å²) in [7, 11) is 1.63. The van der Waals surface area contributed by atoms with Crippen LogP contribution in [0.1, 0.15) is 31.2 Å². The van der Waals surface area contributed by atoms with Gasteiger partial charge in [-0.1, -0.05) is 18.6 Å². The Balaban J connectivity index is 1.27. The molecule has 1 amide bonds. The Hall–Kier alpha value is -3.17. The second-order valence-electron chi connectivity index (χ2n) is 8.65. The maximum Gasteiger partial charge on any atom is 0.262 e. The minimum absolute atomic E-state index is 0.0247. The number of nitrogens with zero attached hydrogens (tertiary/aromatic N) is 2. The van der Waals surface area contributed by atoms with E-state index in [0.29, 0.717) is 42.9 Å². The van der Waals surface area contributed by atoms with Crippen molar-refractivity contribution in [1.82, 2.24) is 14.9 Å². The molecule has 1 fully saturated rings. The Bertz CT molecular complexity index is 1260. The molecule has 1 aliphatic heterocycles. The van der Waals surface area contributed by atoms with E-state index in [1.54, 1.807) is 11.7 Å². The number of unbranched alkanes of at least 4 members (excludes halogenated alkanes) is 2. The third kappa shape index (κ3) is 6.49. The van der Waals surface area contributed by atoms with Crippen LogP contribution in [-0.4, -0.2) is 48.9 Å². The van der Waals surface area contributed by atoms with Gasteiger partial charge < -0.3 is 24.7 Å². The number of methoxy groups -OCH3 is 1. The first-order chi connectivity index (χ1) is 17.0. The number of ether oxygens (including phenoxy) is 2. The first-order valence-corrected chi connectivity index (χ1v) is 12.4. The molecule has 3 aromatic rings. The number of rotatable bonds is 10. The molecule has 0 saturated carbocycles. The topological polar surface area (TPSA) is 88.6 Å². The number of benzene rings is 2. The van der Waals surface area contributed by atoms with E-state index >= 15 is 0 Å². The summed E-state index contributed by atoms with van der Waals surface area (Å²) in [6.07, 6.45) is 2.83. The molecule has 2 aromatic carbocycles. The first kappa shape index (κ1) is 24.9. The summed E-state index contributed by atoms with van der Waals surface area (Å²) < 4.78 is 12.6. The predicted octanol–water partition coefficient (Wildman–Crippen LogP) is 3.78. The minimum atomic E-state index is -0.0731. The summed E-state index contributed by atoms with van der Waals surface area (Å²) in [6, 6.07) is 13.5. The molecule has 0 aliphatic carbocycles. The van der Waals surface area contributed by atoms with E-state index in [4.69, 9.17) is 21.7 Å². The monoisotopic (exact) mass is 496 g/mol. The third-order valence-corrected chi connectivity index (χ3v) is 6.60. The lowest BCUT2D eigenvalue weighted by Gasteiger charge is -2.29. The summed E-state index contributed by atoms with van der Waals surface area (Å²) in [5.41, 5.74) is 2.73. The van der Waals surface area contributed by atoms with Gasteiger partial charge >= 0.3 is 0 Å². The Morgan fingerprint density at radius 2 is 1.89 bits per heavy atom. The number of anilines is 1. The predicted molar refractivity (Wildman–Crippen MR) is 140 cm³/mol. The van der Waals surface area contributed by atoms with Gasteiger partial charge in [0.15, 0.2) is 4.77 Å². The van der Waals surface area contributed by atoms with Crippen LogP contribution in [0.2, 0.25) is 0 Å². The second kappa shape index (κ2) is 12.0. The Kier molecular flexibility index (Phi) is 8.54. The van der Waals surface area contributed by atoms with Gasteiger partial charge in [-0.3, -0.25) is 14.2 Å². The molecular weight excluding hydrogens is 464 g/mol. The molecule has 35 heavy (non-hydrogen) atoms. The van der Waals surface area contributed by atoms with Crippen LogP contribution in [0.5, 0.6) is 5.75 Å². The van der Waals surface area contributed by atoms with Gasteiger partial charge in [-0.05, 0) is 61.0 Å². The van der Waals surface area contributed by atoms with E-state index < -0.39 is 0 Å². The lowest BCUT2D eigenvalue weighted by Crippen LogP contribution is -2.36. The van der Waals surface area contributed by atoms with Crippen molar-refractivity contribution in [2.24, 2.45) is 0 Å². The first-order valence-electron chi connectivity index (χ1n) is 12.0. The van der Waals surface area contributed by atoms with Crippen molar-refractivity contribution >= 4 is 34.7 Å². The maximum absolute atomic E-state index is 13.2. The van der Waals surface area contributed by atoms with Crippen molar-refractivity contribution < 1.29 is 14.3 Å². The summed E-state index contributed by atoms with van der Waals surface area (Å²) in [4.78, 5) is 30.8. The van der Waals surface area contributed by atoms with Crippen LogP contribution < -0.4 is 20.5 Å². The average Bonchev–Trinajstić information content (AvgIpc) is 2.89. The van der Waals surface area contributed by atoms with Crippen LogP contribution in [-0.2, 0) is 22.6 Å². The number of H-pyrrole nitrogens is 1. The SMILES string of the molecule is COc1ccc(CNC(=O)CCCCCn2c(=S)[nH]c3ccc(N4CCOCC4)cc3c2=O)cc1. The van der Waals surface area contributed by atoms with E-state index in [2.05, 4.69) is 15.2 Å². The van der Waals surface area contributed by atoms with Gasteiger partial charge in [-0.2, -0.15) is 0 Å². The number of carbonyl (C=O) groups excluding carboxylic acids is 1. The number of hydrogen-bond acceptors (Lipinski definition) is 6. The van der Waals surface area contributed by atoms with Gasteiger partial charge in [0.2, 0.25) is 5.91 Å². The number of aromatic nitrogens is 2. The van der Waals surface area contributed by atoms with E-state index in [0.717, 1.165) is 54.9 Å². The van der Waals surface area contributed by atoms with Gasteiger partial charge in [0, 0.05) is 38.3 Å². The number of amides is 1. The van der Waals surface area contributed by atoms with Crippen LogP contribution in [0, 0.1) is 4.77 Å². The Morgan fingerprint density at radius 3 is 2.63 bits per heavy atom. The van der Waals surface area contributed by atoms with Crippen LogP contribution in [0.25, 0.3) is 10.9 Å². The van der Waals surface area contributed by atoms with Crippen molar-refractivity contribution in [1.29, 1.82) is 0 Å². The lowest BCUT2D eigenvalue weighted by molar-refractivity contribution is -0.121. The summed E-state index contributed by atoms with van der Waals surface area (Å²) in [5.74, 6) is 0.819. The van der Waals surface area contributed by atoms with Crippen molar-refractivity contribution in [2.75, 3.05) is 38.3 Å². The fourth-order valence-corrected chi connectivity index (χ4v) is 4.51. The highest BCUT2D eigenvalue weighted by atomic mass is 32.1. The summed E-state index contributed by atoms with van der Waals surface area (Å²) in [6.45, 7) is 4.04. The highest BCUT2D eigenvalue weighted by Crippen LogP contribution is 2.20. The maximum atomic E-state index is 13.2.